The van der Waals surface area contributed by atoms with Crippen molar-refractivity contribution in [2.24, 2.45) is 7.05 Å². The zero-order valence-electron chi connectivity index (χ0n) is 7.78. The van der Waals surface area contributed by atoms with Crippen LogP contribution in [0.3, 0.4) is 0 Å². The average Bonchev–Trinajstić information content (AvgIpc) is 2.43. The van der Waals surface area contributed by atoms with Crippen LogP contribution in [0.2, 0.25) is 0 Å². The molecule has 0 aliphatic heterocycles. The quantitative estimate of drug-likeness (QED) is 0.637. The predicted molar refractivity (Wildman–Crippen MR) is 59.4 cm³/mol. The van der Waals surface area contributed by atoms with Crippen molar-refractivity contribution < 1.29 is 9.21 Å². The van der Waals surface area contributed by atoms with Gasteiger partial charge in [-0.1, -0.05) is 0 Å². The van der Waals surface area contributed by atoms with Gasteiger partial charge in [-0.3, -0.25) is 9.36 Å². The van der Waals surface area contributed by atoms with Crippen molar-refractivity contribution in [1.82, 2.24) is 4.57 Å². The van der Waals surface area contributed by atoms with Crippen molar-refractivity contribution in [3.05, 3.63) is 28.7 Å². The van der Waals surface area contributed by atoms with Crippen LogP contribution >= 0.6 is 15.9 Å². The van der Waals surface area contributed by atoms with Crippen molar-refractivity contribution >= 4 is 37.5 Å². The second-order valence-electron chi connectivity index (χ2n) is 3.01. The van der Waals surface area contributed by atoms with Crippen LogP contribution in [0.4, 0.5) is 10.5 Å². The molecule has 6 heteroatoms. The number of halogens is 1. The van der Waals surface area contributed by atoms with Gasteiger partial charge in [0, 0.05) is 28.7 Å². The Morgan fingerprint density at radius 3 is 2.93 bits per heavy atom. The lowest BCUT2D eigenvalue weighted by molar-refractivity contribution is 0.270. The first kappa shape index (κ1) is 9.97. The van der Waals surface area contributed by atoms with E-state index in [1.165, 1.54) is 4.57 Å². The van der Waals surface area contributed by atoms with E-state index in [-0.39, 0.29) is 4.82 Å². The van der Waals surface area contributed by atoms with E-state index < -0.39 is 5.76 Å². The number of fused-ring (bicyclic) bond motifs is 1. The zero-order valence-corrected chi connectivity index (χ0v) is 9.37. The molecule has 1 heterocycles. The molecule has 0 radical (unpaired) electrons. The normalized spacial score (nSPS) is 10.5. The summed E-state index contributed by atoms with van der Waals surface area (Å²) in [4.78, 5) is 21.6. The fourth-order valence-corrected chi connectivity index (χ4v) is 1.55. The van der Waals surface area contributed by atoms with Crippen molar-refractivity contribution in [3.8, 4) is 0 Å². The first-order valence-corrected chi connectivity index (χ1v) is 4.93. The summed E-state index contributed by atoms with van der Waals surface area (Å²) in [6.45, 7) is 0. The maximum absolute atomic E-state index is 11.2. The number of nitrogens with one attached hydrogen (secondary N) is 1. The summed E-state index contributed by atoms with van der Waals surface area (Å²) < 4.78 is 6.32. The minimum Gasteiger partial charge on any atom is -0.408 e. The van der Waals surface area contributed by atoms with Crippen LogP contribution in [-0.2, 0) is 7.05 Å². The Kier molecular flexibility index (Phi) is 2.36. The highest BCUT2D eigenvalue weighted by molar-refractivity contribution is 9.18. The van der Waals surface area contributed by atoms with Crippen LogP contribution < -0.4 is 11.1 Å². The number of aryl methyl sites for hydroxylation is 1. The third kappa shape index (κ3) is 1.80. The Balaban J connectivity index is 2.59. The molecule has 0 aliphatic carbocycles. The van der Waals surface area contributed by atoms with Crippen molar-refractivity contribution in [1.29, 1.82) is 0 Å². The van der Waals surface area contributed by atoms with E-state index in [1.54, 1.807) is 25.2 Å². The zero-order chi connectivity index (χ0) is 11.0. The highest BCUT2D eigenvalue weighted by atomic mass is 79.9. The summed E-state index contributed by atoms with van der Waals surface area (Å²) in [5.41, 5.74) is 1.73. The topological polar surface area (TPSA) is 64.2 Å². The minimum absolute atomic E-state index is 0.338. The average molecular weight is 271 g/mol. The fraction of sp³-hybridized carbons (Fsp3) is 0.111. The minimum atomic E-state index is -0.424. The van der Waals surface area contributed by atoms with Gasteiger partial charge in [-0.05, 0) is 18.2 Å². The molecule has 0 saturated carbocycles. The molecule has 2 rings (SSSR count). The van der Waals surface area contributed by atoms with Gasteiger partial charge in [0.2, 0.25) is 0 Å². The van der Waals surface area contributed by atoms with Gasteiger partial charge in [0.25, 0.3) is 4.82 Å². The van der Waals surface area contributed by atoms with Crippen molar-refractivity contribution in [2.45, 2.75) is 0 Å². The molecular weight excluding hydrogens is 264 g/mol. The maximum Gasteiger partial charge on any atom is 0.419 e. The number of hydrogen-bond donors (Lipinski definition) is 1. The highest BCUT2D eigenvalue weighted by Crippen LogP contribution is 2.18. The number of hydrogen-bond acceptors (Lipinski definition) is 3. The number of benzene rings is 1. The molecule has 1 aromatic carbocycles. The molecule has 2 aromatic rings. The third-order valence-electron chi connectivity index (χ3n) is 2.03. The van der Waals surface area contributed by atoms with Crippen molar-refractivity contribution in [3.63, 3.8) is 0 Å². The van der Waals surface area contributed by atoms with E-state index in [0.717, 1.165) is 0 Å². The van der Waals surface area contributed by atoms with Gasteiger partial charge in [0.05, 0.1) is 5.52 Å². The maximum atomic E-state index is 11.2. The number of aromatic nitrogens is 1. The molecule has 1 N–H and O–H groups in total. The van der Waals surface area contributed by atoms with E-state index in [4.69, 9.17) is 4.42 Å². The van der Waals surface area contributed by atoms with Crippen LogP contribution in [0.5, 0.6) is 0 Å². The standard InChI is InChI=1S/C9H7BrN2O3/c1-12-6-4-5(11-8(10)13)2-3-7(6)15-9(12)14/h2-4H,1H3,(H,11,13). The molecule has 78 valence electrons. The van der Waals surface area contributed by atoms with Gasteiger partial charge in [-0.2, -0.15) is 0 Å². The van der Waals surface area contributed by atoms with E-state index in [9.17, 15) is 9.59 Å². The Labute approximate surface area is 92.8 Å². The van der Waals surface area contributed by atoms with Crippen molar-refractivity contribution in [2.75, 3.05) is 5.32 Å². The SMILES string of the molecule is Cn1c(=O)oc2ccc(NC(=O)Br)cc21. The van der Waals surface area contributed by atoms with E-state index in [2.05, 4.69) is 21.2 Å². The number of nitrogens with zero attached hydrogens (tertiary/aromatic N) is 1. The first-order chi connectivity index (χ1) is 7.08. The van der Waals surface area contributed by atoms with Crippen LogP contribution in [-0.4, -0.2) is 9.38 Å². The largest absolute Gasteiger partial charge is 0.419 e. The molecule has 0 unspecified atom stereocenters. The number of anilines is 1. The molecule has 0 spiro atoms. The van der Waals surface area contributed by atoms with E-state index in [1.807, 2.05) is 0 Å². The van der Waals surface area contributed by atoms with Gasteiger partial charge >= 0.3 is 5.76 Å². The molecule has 0 aliphatic rings. The summed E-state index contributed by atoms with van der Waals surface area (Å²) in [6, 6.07) is 4.96. The van der Waals surface area contributed by atoms with Crippen LogP contribution in [0.1, 0.15) is 0 Å². The van der Waals surface area contributed by atoms with Crippen LogP contribution in [0.25, 0.3) is 11.1 Å². The highest BCUT2D eigenvalue weighted by Gasteiger charge is 2.06. The number of carbonyl (C=O) groups excluding carboxylic acids is 1. The second-order valence-corrected chi connectivity index (χ2v) is 3.73. The van der Waals surface area contributed by atoms with Gasteiger partial charge in [0.15, 0.2) is 5.58 Å². The summed E-state index contributed by atoms with van der Waals surface area (Å²) in [6.07, 6.45) is 0. The molecule has 0 bridgehead atoms. The molecule has 0 fully saturated rings. The third-order valence-corrected chi connectivity index (χ3v) is 2.23. The Morgan fingerprint density at radius 2 is 2.27 bits per heavy atom. The summed E-state index contributed by atoms with van der Waals surface area (Å²) >= 11 is 2.76. The van der Waals surface area contributed by atoms with Gasteiger partial charge in [-0.15, -0.1) is 0 Å². The number of amides is 1. The smallest absolute Gasteiger partial charge is 0.408 e. The lowest BCUT2D eigenvalue weighted by atomic mass is 10.3. The molecule has 1 aromatic heterocycles. The van der Waals surface area contributed by atoms with Gasteiger partial charge in [0.1, 0.15) is 0 Å². The van der Waals surface area contributed by atoms with Crippen LogP contribution in [0, 0.1) is 0 Å². The monoisotopic (exact) mass is 270 g/mol. The Morgan fingerprint density at radius 1 is 1.53 bits per heavy atom. The number of oxazole rings is 1. The number of rotatable bonds is 1. The lowest BCUT2D eigenvalue weighted by Crippen LogP contribution is -2.08. The van der Waals surface area contributed by atoms with Crippen LogP contribution in [0.15, 0.2) is 27.4 Å². The van der Waals surface area contributed by atoms with Gasteiger partial charge < -0.3 is 9.73 Å². The second kappa shape index (κ2) is 3.54. The molecule has 1 amide bonds. The molecule has 5 nitrogen and oxygen atoms in total. The molecule has 0 atom stereocenters. The van der Waals surface area contributed by atoms with Gasteiger partial charge in [-0.25, -0.2) is 4.79 Å². The molecule has 0 saturated heterocycles. The lowest BCUT2D eigenvalue weighted by Gasteiger charge is -2.00. The molecule has 15 heavy (non-hydrogen) atoms. The Bertz CT molecular complexity index is 585. The summed E-state index contributed by atoms with van der Waals surface area (Å²) in [5, 5.41) is 2.55. The van der Waals surface area contributed by atoms with E-state index in [0.29, 0.717) is 16.8 Å². The summed E-state index contributed by atoms with van der Waals surface area (Å²) in [5.74, 6) is -0.424. The number of carbonyl (C=O) groups is 1. The molecular formula is C9H7BrN2O3. The first-order valence-electron chi connectivity index (χ1n) is 4.14. The predicted octanol–water partition coefficient (Wildman–Crippen LogP) is 2.06. The summed E-state index contributed by atoms with van der Waals surface area (Å²) in [7, 11) is 1.61. The fourth-order valence-electron chi connectivity index (χ4n) is 1.32. The van der Waals surface area contributed by atoms with E-state index >= 15 is 0 Å². The Hall–Kier alpha value is -1.56.